The molecule has 14 heteroatoms. The highest BCUT2D eigenvalue weighted by atomic mass is 16.6. The van der Waals surface area contributed by atoms with Gasteiger partial charge in [-0.3, -0.25) is 19.2 Å². The number of hydrogen-bond acceptors (Lipinski definition) is 13. The molecule has 15 atom stereocenters. The molecular formula is C48H73NO13. The van der Waals surface area contributed by atoms with Gasteiger partial charge >= 0.3 is 5.97 Å². The zero-order valence-electron chi connectivity index (χ0n) is 38.0. The molecule has 0 radical (unpaired) electrons. The summed E-state index contributed by atoms with van der Waals surface area (Å²) in [4.78, 5) is 70.3. The number of carbonyl (C=O) groups is 5. The van der Waals surface area contributed by atoms with Gasteiger partial charge in [0.05, 0.1) is 24.4 Å². The molecular weight excluding hydrogens is 799 g/mol. The Morgan fingerprint density at radius 2 is 1.58 bits per heavy atom. The van der Waals surface area contributed by atoms with E-state index in [0.29, 0.717) is 56.9 Å². The maximum absolute atomic E-state index is 14.1. The summed E-state index contributed by atoms with van der Waals surface area (Å²) >= 11 is 0. The third-order valence-corrected chi connectivity index (χ3v) is 13.7. The average Bonchev–Trinajstić information content (AvgIpc) is 3.73. The molecule has 2 saturated heterocycles. The standard InChI is InChI=1S/C48H73NO13/c1-27-13-10-9-11-14-28(2)38(51)25-35-18-16-33(7)48(59,62-35)45(56)46(57)49-20-12-15-36(49)47(58)61-40(30(4)23-34-17-19-37(50)41(24-34)60-8)26-39(52)29(3)22-32(6)43(54)44(55)42(53)31(5)21-27/h9-11,13-14,22,27,29-31,33-38,40-41,43-44,50-51,54-55,59H,12,15-21,23-26H2,1-8H3/b11-9+,13-10+,28-14+,32-22+/t27-,29-,30-,31-,33-,34?,35+,36+,37+,38+,40+,41+,43-,44+,48-/m1/s1. The number of cyclic esters (lactones) is 1. The van der Waals surface area contributed by atoms with Gasteiger partial charge in [-0.15, -0.1) is 0 Å². The van der Waals surface area contributed by atoms with Crippen molar-refractivity contribution in [3.8, 4) is 0 Å². The molecule has 3 aliphatic heterocycles. The van der Waals surface area contributed by atoms with Crippen molar-refractivity contribution in [1.82, 2.24) is 4.90 Å². The average molecular weight is 872 g/mol. The van der Waals surface area contributed by atoms with Gasteiger partial charge in [0.2, 0.25) is 5.79 Å². The van der Waals surface area contributed by atoms with Gasteiger partial charge in [-0.05, 0) is 101 Å². The molecule has 2 bridgehead atoms. The number of esters is 1. The van der Waals surface area contributed by atoms with Crippen molar-refractivity contribution in [3.05, 3.63) is 47.6 Å². The van der Waals surface area contributed by atoms with Crippen LogP contribution in [0.3, 0.4) is 0 Å². The minimum absolute atomic E-state index is 0.0566. The van der Waals surface area contributed by atoms with Gasteiger partial charge in [0, 0.05) is 44.2 Å². The second-order valence-electron chi connectivity index (χ2n) is 18.8. The van der Waals surface area contributed by atoms with Crippen LogP contribution in [0, 0.1) is 35.5 Å². The molecule has 3 fully saturated rings. The number of Topliss-reactive ketones (excluding diaryl/α,β-unsaturated/α-hetero) is 3. The summed E-state index contributed by atoms with van der Waals surface area (Å²) in [5, 5.41) is 55.2. The Hall–Kier alpha value is -3.37. The van der Waals surface area contributed by atoms with Crippen LogP contribution in [0.25, 0.3) is 0 Å². The first-order valence-electron chi connectivity index (χ1n) is 22.7. The normalized spacial score (nSPS) is 41.6. The van der Waals surface area contributed by atoms with Crippen molar-refractivity contribution < 1.29 is 63.7 Å². The Kier molecular flexibility index (Phi) is 19.0. The van der Waals surface area contributed by atoms with E-state index in [1.54, 1.807) is 53.0 Å². The van der Waals surface area contributed by atoms with Crippen LogP contribution < -0.4 is 0 Å². The molecule has 0 aromatic carbocycles. The van der Waals surface area contributed by atoms with Gasteiger partial charge in [0.25, 0.3) is 11.7 Å². The van der Waals surface area contributed by atoms with Crippen LogP contribution in [0.4, 0.5) is 0 Å². The molecule has 4 aliphatic rings. The third kappa shape index (κ3) is 13.1. The number of aliphatic hydroxyl groups excluding tert-OH is 4. The van der Waals surface area contributed by atoms with Gasteiger partial charge in [-0.1, -0.05) is 71.1 Å². The van der Waals surface area contributed by atoms with Crippen LogP contribution in [-0.4, -0.2) is 128 Å². The highest BCUT2D eigenvalue weighted by Gasteiger charge is 2.53. The zero-order valence-corrected chi connectivity index (χ0v) is 38.0. The quantitative estimate of drug-likeness (QED) is 0.150. The van der Waals surface area contributed by atoms with Crippen molar-refractivity contribution in [2.24, 2.45) is 35.5 Å². The van der Waals surface area contributed by atoms with Crippen molar-refractivity contribution in [3.63, 3.8) is 0 Å². The van der Waals surface area contributed by atoms with Crippen molar-refractivity contribution in [1.29, 1.82) is 0 Å². The van der Waals surface area contributed by atoms with Crippen LogP contribution in [0.5, 0.6) is 0 Å². The van der Waals surface area contributed by atoms with Gasteiger partial charge in [-0.2, -0.15) is 0 Å². The fraction of sp³-hybridized carbons (Fsp3) is 0.729. The van der Waals surface area contributed by atoms with Crippen LogP contribution in [-0.2, 0) is 38.2 Å². The molecule has 348 valence electrons. The van der Waals surface area contributed by atoms with E-state index in [4.69, 9.17) is 14.2 Å². The highest BCUT2D eigenvalue weighted by molar-refractivity contribution is 6.39. The highest BCUT2D eigenvalue weighted by Crippen LogP contribution is 2.37. The van der Waals surface area contributed by atoms with E-state index >= 15 is 0 Å². The Morgan fingerprint density at radius 3 is 2.27 bits per heavy atom. The van der Waals surface area contributed by atoms with E-state index in [-0.39, 0.29) is 61.0 Å². The summed E-state index contributed by atoms with van der Waals surface area (Å²) in [6.07, 6.45) is 7.50. The first-order valence-corrected chi connectivity index (χ1v) is 22.7. The monoisotopic (exact) mass is 872 g/mol. The number of ketones is 3. The number of methoxy groups -OCH3 is 1. The number of carbonyl (C=O) groups excluding carboxylic acids is 5. The van der Waals surface area contributed by atoms with Gasteiger partial charge < -0.3 is 44.6 Å². The molecule has 1 saturated carbocycles. The van der Waals surface area contributed by atoms with Gasteiger partial charge in [0.15, 0.2) is 5.78 Å². The molecule has 1 amide bonds. The number of aliphatic hydroxyl groups is 5. The van der Waals surface area contributed by atoms with E-state index in [0.717, 1.165) is 4.90 Å². The molecule has 1 aliphatic carbocycles. The largest absolute Gasteiger partial charge is 0.460 e. The van der Waals surface area contributed by atoms with Crippen LogP contribution in [0.1, 0.15) is 119 Å². The molecule has 14 nitrogen and oxygen atoms in total. The topological polar surface area (TPSA) is 217 Å². The number of hydrogen-bond donors (Lipinski definition) is 5. The van der Waals surface area contributed by atoms with Crippen molar-refractivity contribution in [2.45, 2.75) is 174 Å². The lowest BCUT2D eigenvalue weighted by molar-refractivity contribution is -0.265. The van der Waals surface area contributed by atoms with E-state index in [1.807, 2.05) is 26.0 Å². The number of nitrogens with zero attached hydrogens (tertiary/aromatic N) is 1. The summed E-state index contributed by atoms with van der Waals surface area (Å²) in [5.41, 5.74) is 0.839. The Balaban J connectivity index is 1.65. The Morgan fingerprint density at radius 1 is 0.871 bits per heavy atom. The smallest absolute Gasteiger partial charge is 0.329 e. The van der Waals surface area contributed by atoms with E-state index in [9.17, 15) is 49.5 Å². The number of amides is 1. The second kappa shape index (κ2) is 23.0. The fourth-order valence-electron chi connectivity index (χ4n) is 9.46. The van der Waals surface area contributed by atoms with E-state index in [1.165, 1.54) is 13.0 Å². The molecule has 0 aromatic heterocycles. The molecule has 0 spiro atoms. The molecule has 62 heavy (non-hydrogen) atoms. The molecule has 5 N–H and O–H groups in total. The van der Waals surface area contributed by atoms with Crippen molar-refractivity contribution >= 4 is 29.2 Å². The van der Waals surface area contributed by atoms with Crippen molar-refractivity contribution in [2.75, 3.05) is 13.7 Å². The summed E-state index contributed by atoms with van der Waals surface area (Å²) < 4.78 is 17.6. The first-order chi connectivity index (χ1) is 29.2. The summed E-state index contributed by atoms with van der Waals surface area (Å²) in [6, 6.07) is -1.16. The summed E-state index contributed by atoms with van der Waals surface area (Å²) in [5.74, 6) is -8.88. The predicted octanol–water partition coefficient (Wildman–Crippen LogP) is 4.48. The summed E-state index contributed by atoms with van der Waals surface area (Å²) in [7, 11) is 1.55. The van der Waals surface area contributed by atoms with E-state index in [2.05, 4.69) is 0 Å². The number of fused-ring (bicyclic) bond motifs is 3. The lowest BCUT2D eigenvalue weighted by Gasteiger charge is -2.41. The lowest BCUT2D eigenvalue weighted by atomic mass is 9.78. The molecule has 3 heterocycles. The third-order valence-electron chi connectivity index (χ3n) is 13.7. The second-order valence-corrected chi connectivity index (χ2v) is 18.8. The molecule has 4 rings (SSSR count). The zero-order chi connectivity index (χ0) is 46.1. The van der Waals surface area contributed by atoms with Gasteiger partial charge in [-0.25, -0.2) is 4.79 Å². The first kappa shape index (κ1) is 51.3. The number of allylic oxidation sites excluding steroid dienone is 6. The van der Waals surface area contributed by atoms with Crippen LogP contribution in [0.2, 0.25) is 0 Å². The summed E-state index contributed by atoms with van der Waals surface area (Å²) in [6.45, 7) is 12.1. The van der Waals surface area contributed by atoms with E-state index < -0.39 is 89.6 Å². The van der Waals surface area contributed by atoms with Gasteiger partial charge in [0.1, 0.15) is 30.1 Å². The predicted molar refractivity (Wildman–Crippen MR) is 231 cm³/mol. The minimum Gasteiger partial charge on any atom is -0.460 e. The maximum Gasteiger partial charge on any atom is 0.329 e. The lowest BCUT2D eigenvalue weighted by Crippen LogP contribution is -2.59. The minimum atomic E-state index is -2.48. The van der Waals surface area contributed by atoms with Crippen LogP contribution >= 0.6 is 0 Å². The Labute approximate surface area is 367 Å². The number of rotatable bonds is 4. The SMILES string of the molecule is CO[C@H]1CC(C[C@@H](C)[C@@H]2CC(=O)[C@H](C)/C=C(\C)[C@@H](O)[C@@H](O)C(=O)[C@H](C)C[C@H](C)/C=C/C=C/C=C(\C)[C@@H](O)C[C@@H]3CC[C@@H](C)[C@@](O)(O3)C(=O)C(=O)N3CCC[C@H]3C(=O)O2)CC[C@@H]1O. The Bertz CT molecular complexity index is 1700. The molecule has 1 unspecified atom stereocenters. The fourth-order valence-corrected chi connectivity index (χ4v) is 9.46. The molecule has 0 aromatic rings. The van der Waals surface area contributed by atoms with Crippen LogP contribution in [0.15, 0.2) is 47.6 Å². The maximum atomic E-state index is 14.1. The number of ether oxygens (including phenoxy) is 3.